The van der Waals surface area contributed by atoms with E-state index in [-0.39, 0.29) is 28.3 Å². The van der Waals surface area contributed by atoms with Gasteiger partial charge < -0.3 is 19.9 Å². The Labute approximate surface area is 336 Å². The van der Waals surface area contributed by atoms with E-state index >= 15 is 0 Å². The lowest BCUT2D eigenvalue weighted by Gasteiger charge is -2.15. The monoisotopic (exact) mass is 799 g/mol. The number of carbonyl (C=O) groups excluding carboxylic acids is 1. The summed E-state index contributed by atoms with van der Waals surface area (Å²) in [5.41, 5.74) is 7.59. The molecule has 0 spiro atoms. The molecule has 58 heavy (non-hydrogen) atoms. The van der Waals surface area contributed by atoms with Gasteiger partial charge >= 0.3 is 5.97 Å². The maximum absolute atomic E-state index is 12.9. The van der Waals surface area contributed by atoms with E-state index in [1.807, 2.05) is 54.6 Å². The van der Waals surface area contributed by atoms with E-state index in [1.165, 1.54) is 42.7 Å². The number of carbonyl (C=O) groups is 2. The van der Waals surface area contributed by atoms with Gasteiger partial charge in [-0.2, -0.15) is 13.5 Å². The Morgan fingerprint density at radius 2 is 1.43 bits per heavy atom. The third-order valence-corrected chi connectivity index (χ3v) is 9.79. The lowest BCUT2D eigenvalue weighted by Crippen LogP contribution is -2.42. The first-order valence-electron chi connectivity index (χ1n) is 18.5. The number of rotatable bonds is 19. The number of pyridine rings is 2. The number of hydrazone groups is 1. The van der Waals surface area contributed by atoms with E-state index in [2.05, 4.69) is 39.0 Å². The zero-order valence-corrected chi connectivity index (χ0v) is 32.1. The van der Waals surface area contributed by atoms with Gasteiger partial charge in [0.25, 0.3) is 16.0 Å². The predicted octanol–water partition coefficient (Wildman–Crippen LogP) is 7.56. The summed E-state index contributed by atoms with van der Waals surface area (Å²) in [7, 11) is -4.44. The van der Waals surface area contributed by atoms with E-state index < -0.39 is 28.0 Å². The highest BCUT2D eigenvalue weighted by molar-refractivity contribution is 7.86. The molecule has 4 aromatic carbocycles. The van der Waals surface area contributed by atoms with Crippen LogP contribution in [-0.2, 0) is 21.3 Å². The summed E-state index contributed by atoms with van der Waals surface area (Å²) >= 11 is 0. The number of carboxylic acid groups (broad SMARTS) is 1. The maximum Gasteiger partial charge on any atom is 0.326 e. The van der Waals surface area contributed by atoms with Crippen LogP contribution in [-0.4, -0.2) is 65.4 Å². The van der Waals surface area contributed by atoms with Crippen molar-refractivity contribution < 1.29 is 37.1 Å². The minimum Gasteiger partial charge on any atom is -0.494 e. The second kappa shape index (κ2) is 19.8. The summed E-state index contributed by atoms with van der Waals surface area (Å²) in [6, 6.07) is 38.8. The Hall–Kier alpha value is -6.90. The average molecular weight is 800 g/mol. The Balaban J connectivity index is 0.925. The molecule has 0 radical (unpaired) electrons. The van der Waals surface area contributed by atoms with Crippen molar-refractivity contribution in [2.45, 2.75) is 36.6 Å². The Morgan fingerprint density at radius 3 is 2.10 bits per heavy atom. The summed E-state index contributed by atoms with van der Waals surface area (Å²) < 4.78 is 44.5. The number of anilines is 1. The van der Waals surface area contributed by atoms with Gasteiger partial charge in [-0.1, -0.05) is 91.0 Å². The van der Waals surface area contributed by atoms with E-state index in [0.717, 1.165) is 41.6 Å². The molecule has 0 saturated carbocycles. The van der Waals surface area contributed by atoms with Crippen molar-refractivity contribution in [3.63, 3.8) is 0 Å². The topological polar surface area (TPSA) is 189 Å². The molecule has 296 valence electrons. The second-order valence-corrected chi connectivity index (χ2v) is 14.5. The fourth-order valence-electron chi connectivity index (χ4n) is 5.86. The molecule has 0 aliphatic rings. The van der Waals surface area contributed by atoms with E-state index in [0.29, 0.717) is 30.4 Å². The molecule has 0 saturated heterocycles. The number of hydrogen-bond donors (Lipinski definition) is 4. The second-order valence-electron chi connectivity index (χ2n) is 13.1. The average Bonchev–Trinajstić information content (AvgIpc) is 3.24. The highest BCUT2D eigenvalue weighted by Gasteiger charge is 2.22. The van der Waals surface area contributed by atoms with Crippen molar-refractivity contribution in [1.29, 1.82) is 0 Å². The van der Waals surface area contributed by atoms with Crippen LogP contribution in [0, 0.1) is 0 Å². The van der Waals surface area contributed by atoms with Gasteiger partial charge in [-0.3, -0.25) is 14.8 Å². The van der Waals surface area contributed by atoms with Crippen molar-refractivity contribution in [2.24, 2.45) is 5.10 Å². The van der Waals surface area contributed by atoms with Crippen LogP contribution in [0.25, 0.3) is 22.4 Å². The highest BCUT2D eigenvalue weighted by Crippen LogP contribution is 2.29. The third-order valence-electron chi connectivity index (χ3n) is 8.86. The largest absolute Gasteiger partial charge is 0.494 e. The van der Waals surface area contributed by atoms with Crippen LogP contribution in [0.2, 0.25) is 0 Å². The van der Waals surface area contributed by atoms with Gasteiger partial charge in [-0.25, -0.2) is 14.8 Å². The number of nitrogens with one attached hydrogen (secondary N) is 2. The van der Waals surface area contributed by atoms with Gasteiger partial charge in [0, 0.05) is 29.8 Å². The quantitative estimate of drug-likeness (QED) is 0.0274. The fraction of sp³-hybridized carbons (Fsp3) is 0.159. The highest BCUT2D eigenvalue weighted by atomic mass is 32.2. The van der Waals surface area contributed by atoms with E-state index in [9.17, 15) is 27.7 Å². The number of benzene rings is 4. The standard InChI is InChI=1S/C44H41N5O8S/c50-43(35-20-23-41(45-29-35)49-46-30-34-16-8-9-17-40(34)58(53,54)55)48-39(44(51)52)26-31-18-21-37(22-19-31)56-24-10-3-11-25-57-42-28-36(32-12-4-1-5-13-32)27-38(47-42)33-14-6-2-7-15-33/h1-2,4-9,12-23,27-30,39H,3,10-11,24-26H2,(H,45,49)(H,48,50)(H,51,52)(H,53,54,55). The summed E-state index contributed by atoms with van der Waals surface area (Å²) in [6.07, 6.45) is 5.03. The molecule has 2 aromatic heterocycles. The number of hydrogen-bond acceptors (Lipinski definition) is 10. The van der Waals surface area contributed by atoms with Crippen molar-refractivity contribution in [2.75, 3.05) is 18.6 Å². The van der Waals surface area contributed by atoms with Gasteiger partial charge in [0.1, 0.15) is 22.5 Å². The normalized spacial score (nSPS) is 11.8. The summed E-state index contributed by atoms with van der Waals surface area (Å²) in [4.78, 5) is 33.5. The smallest absolute Gasteiger partial charge is 0.326 e. The zero-order valence-electron chi connectivity index (χ0n) is 31.3. The van der Waals surface area contributed by atoms with Crippen LogP contribution in [0.15, 0.2) is 150 Å². The van der Waals surface area contributed by atoms with E-state index in [4.69, 9.17) is 14.5 Å². The number of carboxylic acids is 1. The molecule has 14 heteroatoms. The van der Waals surface area contributed by atoms with Crippen LogP contribution in [0.3, 0.4) is 0 Å². The number of nitrogens with zero attached hydrogens (tertiary/aromatic N) is 3. The molecule has 6 rings (SSSR count). The molecule has 6 aromatic rings. The molecule has 4 N–H and O–H groups in total. The molecule has 0 aliphatic carbocycles. The Bertz CT molecular complexity index is 2370. The number of ether oxygens (including phenoxy) is 2. The summed E-state index contributed by atoms with van der Waals surface area (Å²) in [6.45, 7) is 1.02. The molecular formula is C44H41N5O8S. The molecule has 2 heterocycles. The number of amides is 1. The van der Waals surface area contributed by atoms with Crippen molar-refractivity contribution in [1.82, 2.24) is 15.3 Å². The van der Waals surface area contributed by atoms with Crippen LogP contribution >= 0.6 is 0 Å². The number of aromatic nitrogens is 2. The molecule has 0 aliphatic heterocycles. The first-order valence-corrected chi connectivity index (χ1v) is 19.9. The zero-order chi connectivity index (χ0) is 40.7. The minimum atomic E-state index is -4.44. The molecular weight excluding hydrogens is 759 g/mol. The number of aliphatic carboxylic acids is 1. The Kier molecular flexibility index (Phi) is 13.9. The summed E-state index contributed by atoms with van der Waals surface area (Å²) in [5, 5.41) is 16.3. The summed E-state index contributed by atoms with van der Waals surface area (Å²) in [5.74, 6) is -0.358. The first kappa shape index (κ1) is 40.8. The van der Waals surface area contributed by atoms with Crippen LogP contribution in [0.4, 0.5) is 5.82 Å². The van der Waals surface area contributed by atoms with E-state index in [1.54, 1.807) is 30.3 Å². The van der Waals surface area contributed by atoms with Gasteiger partial charge in [0.15, 0.2) is 0 Å². The van der Waals surface area contributed by atoms with Gasteiger partial charge in [-0.05, 0) is 72.4 Å². The lowest BCUT2D eigenvalue weighted by molar-refractivity contribution is -0.139. The van der Waals surface area contributed by atoms with Gasteiger partial charge in [0.05, 0.1) is 30.7 Å². The maximum atomic E-state index is 12.9. The molecule has 1 unspecified atom stereocenters. The molecule has 0 bridgehead atoms. The third kappa shape index (κ3) is 11.8. The SMILES string of the molecule is O=C(NC(Cc1ccc(OCCCCCOc2cc(-c3ccccc3)cc(-c3ccccc3)n2)cc1)C(=O)O)c1ccc(NN=Cc2ccccc2S(=O)(=O)O)nc1. The van der Waals surface area contributed by atoms with Crippen LogP contribution in [0.5, 0.6) is 11.6 Å². The molecule has 0 fully saturated rings. The number of unbranched alkanes of at least 4 members (excludes halogenated alkanes) is 2. The molecule has 13 nitrogen and oxygen atoms in total. The molecule has 1 atom stereocenters. The van der Waals surface area contributed by atoms with Crippen molar-refractivity contribution in [3.05, 3.63) is 156 Å². The van der Waals surface area contributed by atoms with Crippen LogP contribution < -0.4 is 20.2 Å². The fourth-order valence-corrected chi connectivity index (χ4v) is 6.53. The predicted molar refractivity (Wildman–Crippen MR) is 221 cm³/mol. The van der Waals surface area contributed by atoms with Gasteiger partial charge in [0.2, 0.25) is 5.88 Å². The van der Waals surface area contributed by atoms with Crippen LogP contribution in [0.1, 0.15) is 40.7 Å². The first-order chi connectivity index (χ1) is 28.1. The van der Waals surface area contributed by atoms with Crippen molar-refractivity contribution >= 4 is 34.0 Å². The van der Waals surface area contributed by atoms with Crippen molar-refractivity contribution in [3.8, 4) is 34.0 Å². The Morgan fingerprint density at radius 1 is 0.759 bits per heavy atom. The van der Waals surface area contributed by atoms with Gasteiger partial charge in [-0.15, -0.1) is 0 Å². The molecule has 1 amide bonds. The lowest BCUT2D eigenvalue weighted by atomic mass is 10.0. The minimum absolute atomic E-state index is 0.0458.